The molecule has 4 heteroatoms. The van der Waals surface area contributed by atoms with Gasteiger partial charge in [0.1, 0.15) is 0 Å². The highest BCUT2D eigenvalue weighted by Gasteiger charge is 2.28. The van der Waals surface area contributed by atoms with E-state index in [-0.39, 0.29) is 24.8 Å². The van der Waals surface area contributed by atoms with Crippen LogP contribution in [0.4, 0.5) is 0 Å². The van der Waals surface area contributed by atoms with Crippen LogP contribution in [0.5, 0.6) is 0 Å². The van der Waals surface area contributed by atoms with Gasteiger partial charge >= 0.3 is 0 Å². The van der Waals surface area contributed by atoms with Gasteiger partial charge < -0.3 is 10.6 Å². The monoisotopic (exact) mass is 186 g/mol. The summed E-state index contributed by atoms with van der Waals surface area (Å²) in [5, 5.41) is 0. The van der Waals surface area contributed by atoms with Gasteiger partial charge in [0.05, 0.1) is 0 Å². The van der Waals surface area contributed by atoms with Crippen molar-refractivity contribution in [2.24, 2.45) is 5.73 Å². The van der Waals surface area contributed by atoms with Crippen LogP contribution in [0, 0.1) is 0 Å². The van der Waals surface area contributed by atoms with Crippen LogP contribution in [0.2, 0.25) is 0 Å². The fourth-order valence-electron chi connectivity index (χ4n) is 1.15. The topological polar surface area (TPSA) is 29.3 Å². The predicted octanol–water partition coefficient (Wildman–Crippen LogP) is 0.881. The smallest absolute Gasteiger partial charge is 0.0241 e. The third-order valence-electron chi connectivity index (χ3n) is 1.95. The first kappa shape index (κ1) is 13.1. The number of likely N-dealkylation sites (N-methyl/N-ethyl adjacent to an activating group) is 1. The number of nitrogens with two attached hydrogens (primary N) is 1. The van der Waals surface area contributed by atoms with Gasteiger partial charge in [-0.3, -0.25) is 0 Å². The second-order valence-corrected chi connectivity index (χ2v) is 2.77. The van der Waals surface area contributed by atoms with Crippen molar-refractivity contribution in [1.29, 1.82) is 0 Å². The van der Waals surface area contributed by atoms with Crippen LogP contribution in [0.25, 0.3) is 0 Å². The van der Waals surface area contributed by atoms with Crippen molar-refractivity contribution in [2.75, 3.05) is 14.1 Å². The summed E-state index contributed by atoms with van der Waals surface area (Å²) in [7, 11) is 4.17. The average molecular weight is 187 g/mol. The Kier molecular flexibility index (Phi) is 6.81. The Labute approximate surface area is 75.0 Å². The summed E-state index contributed by atoms with van der Waals surface area (Å²) in [6.07, 6.45) is 2.50. The second-order valence-electron chi connectivity index (χ2n) is 2.77. The highest BCUT2D eigenvalue weighted by Crippen LogP contribution is 2.20. The minimum Gasteiger partial charge on any atom is -0.326 e. The van der Waals surface area contributed by atoms with E-state index in [1.807, 2.05) is 0 Å². The van der Waals surface area contributed by atoms with E-state index in [1.165, 1.54) is 12.8 Å². The normalized spacial score (nSPS) is 30.0. The standard InChI is InChI=1S/C6H14N2.2ClH/c1-8(2)6-4-3-5(6)7;;/h5-6H,3-4,7H2,1-2H3;2*1H/t5-,6-;;/m0../s1. The lowest BCUT2D eigenvalue weighted by molar-refractivity contribution is 0.161. The maximum atomic E-state index is 5.68. The lowest BCUT2D eigenvalue weighted by Gasteiger charge is -2.38. The SMILES string of the molecule is CN(C)[C@H]1CC[C@@H]1N.Cl.Cl. The van der Waals surface area contributed by atoms with Crippen LogP contribution in [-0.4, -0.2) is 31.1 Å². The van der Waals surface area contributed by atoms with Crippen LogP contribution in [0.3, 0.4) is 0 Å². The van der Waals surface area contributed by atoms with Gasteiger partial charge in [-0.1, -0.05) is 0 Å². The average Bonchev–Trinajstić information content (AvgIpc) is 1.61. The molecule has 2 nitrogen and oxygen atoms in total. The van der Waals surface area contributed by atoms with E-state index in [9.17, 15) is 0 Å². The van der Waals surface area contributed by atoms with Crippen LogP contribution in [0.1, 0.15) is 12.8 Å². The van der Waals surface area contributed by atoms with Gasteiger partial charge in [-0.2, -0.15) is 0 Å². The van der Waals surface area contributed by atoms with E-state index >= 15 is 0 Å². The van der Waals surface area contributed by atoms with Crippen molar-refractivity contribution in [3.8, 4) is 0 Å². The Bertz CT molecular complexity index is 83.1. The summed E-state index contributed by atoms with van der Waals surface area (Å²) in [5.74, 6) is 0. The molecule has 0 aromatic carbocycles. The van der Waals surface area contributed by atoms with Gasteiger partial charge in [-0.05, 0) is 26.9 Å². The van der Waals surface area contributed by atoms with Gasteiger partial charge in [-0.15, -0.1) is 24.8 Å². The molecule has 0 bridgehead atoms. The minimum absolute atomic E-state index is 0. The van der Waals surface area contributed by atoms with Crippen molar-refractivity contribution in [1.82, 2.24) is 4.90 Å². The molecule has 2 atom stereocenters. The highest BCUT2D eigenvalue weighted by molar-refractivity contribution is 5.85. The highest BCUT2D eigenvalue weighted by atomic mass is 35.5. The molecule has 1 rings (SSSR count). The van der Waals surface area contributed by atoms with Crippen molar-refractivity contribution in [2.45, 2.75) is 24.9 Å². The van der Waals surface area contributed by atoms with Crippen molar-refractivity contribution < 1.29 is 0 Å². The molecule has 0 heterocycles. The molecule has 1 fully saturated rings. The fourth-order valence-corrected chi connectivity index (χ4v) is 1.15. The van der Waals surface area contributed by atoms with Gasteiger partial charge in [0.25, 0.3) is 0 Å². The van der Waals surface area contributed by atoms with Gasteiger partial charge in [0, 0.05) is 12.1 Å². The summed E-state index contributed by atoms with van der Waals surface area (Å²) in [6, 6.07) is 1.11. The Morgan fingerprint density at radius 3 is 1.70 bits per heavy atom. The number of halogens is 2. The summed E-state index contributed by atoms with van der Waals surface area (Å²) >= 11 is 0. The van der Waals surface area contributed by atoms with Crippen LogP contribution < -0.4 is 5.73 Å². The molecule has 1 saturated carbocycles. The zero-order valence-electron chi connectivity index (χ0n) is 6.41. The molecular formula is C6H16Cl2N2. The molecule has 1 aliphatic rings. The van der Waals surface area contributed by atoms with Gasteiger partial charge in [-0.25, -0.2) is 0 Å². The minimum atomic E-state index is 0. The Hall–Kier alpha value is 0.500. The van der Waals surface area contributed by atoms with E-state index in [0.29, 0.717) is 12.1 Å². The van der Waals surface area contributed by atoms with E-state index in [1.54, 1.807) is 0 Å². The van der Waals surface area contributed by atoms with Crippen LogP contribution in [0.15, 0.2) is 0 Å². The summed E-state index contributed by atoms with van der Waals surface area (Å²) in [4.78, 5) is 2.20. The number of hydrogen-bond donors (Lipinski definition) is 1. The van der Waals surface area contributed by atoms with E-state index in [2.05, 4.69) is 19.0 Å². The first-order valence-electron chi connectivity index (χ1n) is 3.14. The summed E-state index contributed by atoms with van der Waals surface area (Å²) in [5.41, 5.74) is 5.68. The van der Waals surface area contributed by atoms with E-state index in [0.717, 1.165) is 0 Å². The molecule has 0 spiro atoms. The molecule has 0 unspecified atom stereocenters. The zero-order chi connectivity index (χ0) is 6.15. The zero-order valence-corrected chi connectivity index (χ0v) is 8.04. The molecule has 2 N–H and O–H groups in total. The lowest BCUT2D eigenvalue weighted by Crippen LogP contribution is -2.52. The van der Waals surface area contributed by atoms with Gasteiger partial charge in [0.15, 0.2) is 0 Å². The number of rotatable bonds is 1. The molecule has 1 aliphatic carbocycles. The Balaban J connectivity index is 0. The number of hydrogen-bond acceptors (Lipinski definition) is 2. The maximum Gasteiger partial charge on any atom is 0.0241 e. The van der Waals surface area contributed by atoms with Crippen LogP contribution in [-0.2, 0) is 0 Å². The summed E-state index contributed by atoms with van der Waals surface area (Å²) in [6.45, 7) is 0. The third-order valence-corrected chi connectivity index (χ3v) is 1.95. The molecule has 64 valence electrons. The second kappa shape index (κ2) is 5.19. The third kappa shape index (κ3) is 2.62. The summed E-state index contributed by atoms with van der Waals surface area (Å²) < 4.78 is 0. The van der Waals surface area contributed by atoms with Gasteiger partial charge in [0.2, 0.25) is 0 Å². The quantitative estimate of drug-likeness (QED) is 0.660. The molecule has 0 aromatic rings. The largest absolute Gasteiger partial charge is 0.326 e. The molecular weight excluding hydrogens is 171 g/mol. The molecule has 10 heavy (non-hydrogen) atoms. The Morgan fingerprint density at radius 2 is 1.70 bits per heavy atom. The Morgan fingerprint density at radius 1 is 1.20 bits per heavy atom. The first-order valence-corrected chi connectivity index (χ1v) is 3.14. The lowest BCUT2D eigenvalue weighted by atomic mass is 9.86. The van der Waals surface area contributed by atoms with Crippen molar-refractivity contribution in [3.63, 3.8) is 0 Å². The molecule has 0 amide bonds. The van der Waals surface area contributed by atoms with E-state index < -0.39 is 0 Å². The fraction of sp³-hybridized carbons (Fsp3) is 1.00. The predicted molar refractivity (Wildman–Crippen MR) is 49.2 cm³/mol. The first-order chi connectivity index (χ1) is 3.72. The van der Waals surface area contributed by atoms with Crippen molar-refractivity contribution >= 4 is 24.8 Å². The van der Waals surface area contributed by atoms with Crippen LogP contribution >= 0.6 is 24.8 Å². The molecule has 0 radical (unpaired) electrons. The molecule has 0 aromatic heterocycles. The maximum absolute atomic E-state index is 5.68. The number of nitrogens with zero attached hydrogens (tertiary/aromatic N) is 1. The van der Waals surface area contributed by atoms with E-state index in [4.69, 9.17) is 5.73 Å². The molecule has 0 aliphatic heterocycles. The molecule has 0 saturated heterocycles. The van der Waals surface area contributed by atoms with Crippen molar-refractivity contribution in [3.05, 3.63) is 0 Å².